The molecule has 1 aromatic rings. The number of rotatable bonds is 1. The second kappa shape index (κ2) is 4.94. The Morgan fingerprint density at radius 1 is 1.42 bits per heavy atom. The maximum Gasteiger partial charge on any atom is 0.325 e. The van der Waals surface area contributed by atoms with Crippen LogP contribution in [0.3, 0.4) is 0 Å². The van der Waals surface area contributed by atoms with E-state index in [2.05, 4.69) is 4.98 Å². The van der Waals surface area contributed by atoms with Crippen molar-refractivity contribution in [1.82, 2.24) is 9.97 Å². The molecule has 5 N–H and O–H groups in total. The van der Waals surface area contributed by atoms with Gasteiger partial charge in [-0.1, -0.05) is 0 Å². The van der Waals surface area contributed by atoms with E-state index >= 15 is 0 Å². The van der Waals surface area contributed by atoms with E-state index in [1.54, 1.807) is 22.6 Å². The second-order valence-corrected chi connectivity index (χ2v) is 5.29. The van der Waals surface area contributed by atoms with Crippen molar-refractivity contribution in [2.24, 2.45) is 0 Å². The van der Waals surface area contributed by atoms with Gasteiger partial charge in [0.2, 0.25) is 0 Å². The Hall–Kier alpha value is -0.820. The van der Waals surface area contributed by atoms with E-state index in [-0.39, 0.29) is 0 Å². The highest BCUT2D eigenvalue weighted by Crippen LogP contribution is 2.41. The average Bonchev–Trinajstić information content (AvgIpc) is 2.33. The summed E-state index contributed by atoms with van der Waals surface area (Å²) in [7, 11) is 0. The molecule has 1 aromatic heterocycles. The molecule has 0 saturated carbocycles. The lowest BCUT2D eigenvalue weighted by Crippen LogP contribution is -2.59. The predicted octanol–water partition coefficient (Wildman–Crippen LogP) is -1.72. The average molecular weight is 388 g/mol. The van der Waals surface area contributed by atoms with Crippen LogP contribution >= 0.6 is 22.6 Å². The van der Waals surface area contributed by atoms with Gasteiger partial charge in [0, 0.05) is 6.20 Å². The first-order valence-electron chi connectivity index (χ1n) is 5.14. The van der Waals surface area contributed by atoms with E-state index < -0.39 is 45.1 Å². The van der Waals surface area contributed by atoms with Gasteiger partial charge in [-0.3, -0.25) is 9.78 Å². The first kappa shape index (κ1) is 14.6. The maximum absolute atomic E-state index is 14.1. The maximum atomic E-state index is 14.1. The summed E-state index contributed by atoms with van der Waals surface area (Å²) < 4.78 is 18.1. The second-order valence-electron chi connectivity index (χ2n) is 4.06. The van der Waals surface area contributed by atoms with Gasteiger partial charge in [0.15, 0.2) is 6.10 Å². The molecular weight excluding hydrogens is 378 g/mol. The molecule has 1 aliphatic heterocycles. The van der Waals surface area contributed by atoms with E-state index in [1.807, 2.05) is 4.98 Å². The lowest BCUT2D eigenvalue weighted by Gasteiger charge is -2.41. The first-order chi connectivity index (χ1) is 8.75. The van der Waals surface area contributed by atoms with E-state index in [0.29, 0.717) is 0 Å². The highest BCUT2D eigenvalue weighted by Gasteiger charge is 2.56. The van der Waals surface area contributed by atoms with Gasteiger partial charge in [-0.2, -0.15) is 0 Å². The van der Waals surface area contributed by atoms with Crippen molar-refractivity contribution in [3.8, 4) is 0 Å². The van der Waals surface area contributed by atoms with E-state index in [9.17, 15) is 29.3 Å². The molecule has 8 nitrogen and oxygen atoms in total. The summed E-state index contributed by atoms with van der Waals surface area (Å²) in [6.45, 7) is 0. The Kier molecular flexibility index (Phi) is 3.79. The number of ether oxygens (including phenoxy) is 1. The molecule has 2 heterocycles. The summed E-state index contributed by atoms with van der Waals surface area (Å²) in [6.07, 6.45) is -4.77. The fourth-order valence-electron chi connectivity index (χ4n) is 1.75. The van der Waals surface area contributed by atoms with Gasteiger partial charge in [-0.15, -0.1) is 0 Å². The van der Waals surface area contributed by atoms with Crippen LogP contribution < -0.4 is 11.2 Å². The predicted molar refractivity (Wildman–Crippen MR) is 67.4 cm³/mol. The zero-order valence-electron chi connectivity index (χ0n) is 9.21. The molecule has 0 radical (unpaired) electrons. The van der Waals surface area contributed by atoms with Crippen LogP contribution in [0.1, 0.15) is 11.7 Å². The third kappa shape index (κ3) is 2.45. The van der Waals surface area contributed by atoms with E-state index in [1.165, 1.54) is 0 Å². The van der Waals surface area contributed by atoms with Crippen LogP contribution in [0.4, 0.5) is 4.39 Å². The fraction of sp³-hybridized carbons (Fsp3) is 0.556. The summed E-state index contributed by atoms with van der Waals surface area (Å²) in [6, 6.07) is 0. The van der Waals surface area contributed by atoms with E-state index in [4.69, 9.17) is 4.74 Å². The number of halogens is 2. The van der Waals surface area contributed by atoms with Gasteiger partial charge < -0.3 is 25.0 Å². The minimum Gasteiger partial charge on any atom is -0.387 e. The summed E-state index contributed by atoms with van der Waals surface area (Å²) in [5.41, 5.74) is -2.17. The molecule has 19 heavy (non-hydrogen) atoms. The van der Waals surface area contributed by atoms with Gasteiger partial charge in [-0.25, -0.2) is 9.18 Å². The SMILES string of the molecule is O=c1[nH]cc(C2OC(I)[C@@H](O)[C@@H](O)[C@@]2(O)F)c(=O)[nH]1. The van der Waals surface area contributed by atoms with Gasteiger partial charge in [0.1, 0.15) is 16.3 Å². The zero-order valence-corrected chi connectivity index (χ0v) is 11.4. The molecule has 1 saturated heterocycles. The molecule has 0 aromatic carbocycles. The van der Waals surface area contributed by atoms with Gasteiger partial charge in [0.05, 0.1) is 5.56 Å². The highest BCUT2D eigenvalue weighted by molar-refractivity contribution is 14.1. The molecule has 1 aliphatic rings. The quantitative estimate of drug-likeness (QED) is 0.287. The molecule has 2 rings (SSSR count). The lowest BCUT2D eigenvalue weighted by molar-refractivity contribution is -0.304. The molecule has 0 aliphatic carbocycles. The molecule has 5 atom stereocenters. The Balaban J connectivity index is 2.48. The molecule has 2 unspecified atom stereocenters. The zero-order chi connectivity index (χ0) is 14.4. The Bertz CT molecular complexity index is 587. The molecule has 106 valence electrons. The van der Waals surface area contributed by atoms with Gasteiger partial charge >= 0.3 is 5.69 Å². The number of aliphatic hydroxyl groups is 3. The lowest BCUT2D eigenvalue weighted by atomic mass is 9.93. The van der Waals surface area contributed by atoms with Crippen molar-refractivity contribution in [3.63, 3.8) is 0 Å². The van der Waals surface area contributed by atoms with Crippen LogP contribution in [-0.2, 0) is 4.74 Å². The van der Waals surface area contributed by atoms with Crippen LogP contribution in [-0.4, -0.2) is 47.5 Å². The number of aromatic nitrogens is 2. The summed E-state index contributed by atoms with van der Waals surface area (Å²) in [5, 5.41) is 28.5. The van der Waals surface area contributed by atoms with E-state index in [0.717, 1.165) is 6.20 Å². The number of hydrogen-bond acceptors (Lipinski definition) is 6. The number of aliphatic hydroxyl groups excluding tert-OH is 2. The Labute approximate surface area is 118 Å². The number of aromatic amines is 2. The topological polar surface area (TPSA) is 136 Å². The third-order valence-electron chi connectivity index (χ3n) is 2.77. The largest absolute Gasteiger partial charge is 0.387 e. The molecule has 0 spiro atoms. The van der Waals surface area contributed by atoms with Crippen molar-refractivity contribution in [2.45, 2.75) is 28.3 Å². The van der Waals surface area contributed by atoms with Crippen molar-refractivity contribution >= 4 is 22.6 Å². The summed E-state index contributed by atoms with van der Waals surface area (Å²) >= 11 is 1.58. The van der Waals surface area contributed by atoms with Crippen LogP contribution in [0.25, 0.3) is 0 Å². The number of H-pyrrole nitrogens is 2. The number of alkyl halides is 2. The van der Waals surface area contributed by atoms with Crippen LogP contribution in [0.2, 0.25) is 0 Å². The number of nitrogens with one attached hydrogen (secondary N) is 2. The molecule has 10 heteroatoms. The fourth-order valence-corrected chi connectivity index (χ4v) is 2.44. The van der Waals surface area contributed by atoms with Gasteiger partial charge in [0.25, 0.3) is 11.4 Å². The molecule has 1 fully saturated rings. The van der Waals surface area contributed by atoms with Crippen molar-refractivity contribution in [1.29, 1.82) is 0 Å². The van der Waals surface area contributed by atoms with Crippen molar-refractivity contribution in [3.05, 3.63) is 32.6 Å². The minimum atomic E-state index is -3.37. The van der Waals surface area contributed by atoms with Crippen molar-refractivity contribution in [2.75, 3.05) is 0 Å². The van der Waals surface area contributed by atoms with Crippen LogP contribution in [0.15, 0.2) is 15.8 Å². The highest BCUT2D eigenvalue weighted by atomic mass is 127. The van der Waals surface area contributed by atoms with Gasteiger partial charge in [-0.05, 0) is 22.6 Å². The Morgan fingerprint density at radius 2 is 2.05 bits per heavy atom. The standard InChI is InChI=1S/C9H10FIN2O6/c10-9(18)4(15)3(14)6(11)19-5(9)2-1-12-8(17)13-7(2)16/h1,3-6,14-15,18H,(H2,12,13,16,17)/t3-,4+,5?,6?,9-/m0/s1. The smallest absolute Gasteiger partial charge is 0.325 e. The normalized spacial score (nSPS) is 39.2. The Morgan fingerprint density at radius 3 is 2.63 bits per heavy atom. The molecular formula is C9H10FIN2O6. The summed E-state index contributed by atoms with van der Waals surface area (Å²) in [5.74, 6) is -3.37. The minimum absolute atomic E-state index is 0.405. The summed E-state index contributed by atoms with van der Waals surface area (Å²) in [4.78, 5) is 26.4. The third-order valence-corrected chi connectivity index (χ3v) is 3.80. The number of hydrogen-bond donors (Lipinski definition) is 5. The molecule has 0 amide bonds. The van der Waals surface area contributed by atoms with Crippen LogP contribution in [0, 0.1) is 0 Å². The van der Waals surface area contributed by atoms with Crippen LogP contribution in [0.5, 0.6) is 0 Å². The molecule has 0 bridgehead atoms. The first-order valence-corrected chi connectivity index (χ1v) is 6.38. The monoisotopic (exact) mass is 388 g/mol. The van der Waals surface area contributed by atoms with Crippen molar-refractivity contribution < 1.29 is 24.4 Å².